The van der Waals surface area contributed by atoms with E-state index in [1.165, 1.54) is 22.5 Å². The predicted octanol–water partition coefficient (Wildman–Crippen LogP) is 6.08. The lowest BCUT2D eigenvalue weighted by Crippen LogP contribution is -2.51. The van der Waals surface area contributed by atoms with Crippen LogP contribution in [0.15, 0.2) is 70.1 Å². The molecule has 1 atom stereocenters. The van der Waals surface area contributed by atoms with Gasteiger partial charge in [-0.1, -0.05) is 10.7 Å². The Hall–Kier alpha value is -3.86. The number of nitrogens with zero attached hydrogens (tertiary/aromatic N) is 3. The van der Waals surface area contributed by atoms with E-state index in [1.807, 2.05) is 0 Å². The number of halogens is 7. The quantitative estimate of drug-likeness (QED) is 0.312. The molecule has 2 fully saturated rings. The van der Waals surface area contributed by atoms with Gasteiger partial charge in [-0.25, -0.2) is 12.8 Å². The SMILES string of the molecule is O=C(NCc1ncccc1C(F)(F)F)c1ccc2c(c1)C1(CCS(=NC(=O)C(F)(F)F)CC1)C(C1CC1)N2S(=O)(=O)c1ccc(F)cc1. The van der Waals surface area contributed by atoms with Gasteiger partial charge in [-0.05, 0) is 91.8 Å². The van der Waals surface area contributed by atoms with Crippen LogP contribution < -0.4 is 9.62 Å². The smallest absolute Gasteiger partial charge is 0.346 e. The normalized spacial score (nSPS) is 22.8. The van der Waals surface area contributed by atoms with Crippen LogP contribution in [0.1, 0.15) is 52.9 Å². The van der Waals surface area contributed by atoms with Crippen molar-refractivity contribution in [2.75, 3.05) is 15.8 Å². The van der Waals surface area contributed by atoms with Crippen molar-refractivity contribution in [1.29, 1.82) is 0 Å². The first kappa shape index (κ1) is 34.0. The number of carbonyl (C=O) groups excluding carboxylic acids is 2. The van der Waals surface area contributed by atoms with E-state index in [2.05, 4.69) is 14.7 Å². The highest BCUT2D eigenvalue weighted by molar-refractivity contribution is 7.93. The number of alkyl halides is 6. The highest BCUT2D eigenvalue weighted by Gasteiger charge is 2.60. The molecule has 3 heterocycles. The highest BCUT2D eigenvalue weighted by Crippen LogP contribution is 2.59. The second-order valence-corrected chi connectivity index (χ2v) is 15.6. The van der Waals surface area contributed by atoms with Crippen LogP contribution in [0.2, 0.25) is 0 Å². The Morgan fingerprint density at radius 3 is 2.27 bits per heavy atom. The molecule has 1 saturated carbocycles. The van der Waals surface area contributed by atoms with Gasteiger partial charge in [-0.2, -0.15) is 30.7 Å². The van der Waals surface area contributed by atoms with Crippen LogP contribution in [0.3, 0.4) is 0 Å². The molecular formula is C31H27F7N4O4S2. The average Bonchev–Trinajstić information content (AvgIpc) is 3.83. The molecule has 8 nitrogen and oxygen atoms in total. The van der Waals surface area contributed by atoms with Crippen LogP contribution in [-0.2, 0) is 43.6 Å². The molecule has 2 aromatic carbocycles. The van der Waals surface area contributed by atoms with Gasteiger partial charge in [0, 0.05) is 28.7 Å². The first-order valence-corrected chi connectivity index (χ1v) is 17.7. The molecule has 3 aromatic rings. The number of rotatable bonds is 6. The molecule has 256 valence electrons. The number of anilines is 1. The first-order chi connectivity index (χ1) is 22.5. The van der Waals surface area contributed by atoms with Crippen molar-refractivity contribution in [2.24, 2.45) is 10.3 Å². The standard InChI is InChI=1S/C31H27F7N4O4S2/c32-20-6-8-21(9-7-20)48(45,46)42-25-10-5-19(27(43)40-17-24-22(30(33,34)35)2-1-13-39-24)16-23(25)29(26(42)18-3-4-18)11-14-47(15-12-29)41-28(44)31(36,37)38/h1-2,5-10,13,16,18,26H,3-4,11-12,14-15,17H2,(H,40,43). The van der Waals surface area contributed by atoms with Crippen molar-refractivity contribution in [3.8, 4) is 0 Å². The van der Waals surface area contributed by atoms with Crippen molar-refractivity contribution in [2.45, 2.75) is 60.9 Å². The summed E-state index contributed by atoms with van der Waals surface area (Å²) in [5.74, 6) is -3.60. The third-order valence-electron chi connectivity index (χ3n) is 8.92. The highest BCUT2D eigenvalue weighted by atomic mass is 32.2. The van der Waals surface area contributed by atoms with Gasteiger partial charge in [0.15, 0.2) is 0 Å². The van der Waals surface area contributed by atoms with Crippen LogP contribution >= 0.6 is 0 Å². The Labute approximate surface area is 272 Å². The van der Waals surface area contributed by atoms with Crippen molar-refractivity contribution in [3.63, 3.8) is 0 Å². The summed E-state index contributed by atoms with van der Waals surface area (Å²) in [5.41, 5.74) is -1.70. The summed E-state index contributed by atoms with van der Waals surface area (Å²) >= 11 is 0. The number of nitrogens with one attached hydrogen (secondary N) is 1. The molecule has 2 amide bonds. The van der Waals surface area contributed by atoms with E-state index in [1.54, 1.807) is 0 Å². The molecule has 6 rings (SSSR count). The van der Waals surface area contributed by atoms with E-state index < -0.39 is 80.0 Å². The number of fused-ring (bicyclic) bond motifs is 2. The lowest BCUT2D eigenvalue weighted by molar-refractivity contribution is -0.169. The molecule has 1 aromatic heterocycles. The van der Waals surface area contributed by atoms with Gasteiger partial charge in [0.05, 0.1) is 34.4 Å². The number of hydrogen-bond acceptors (Lipinski definition) is 5. The zero-order valence-corrected chi connectivity index (χ0v) is 26.4. The van der Waals surface area contributed by atoms with Gasteiger partial charge in [-0.15, -0.1) is 0 Å². The number of pyridine rings is 1. The summed E-state index contributed by atoms with van der Waals surface area (Å²) < 4.78 is 126. The Bertz CT molecular complexity index is 1900. The Morgan fingerprint density at radius 2 is 1.67 bits per heavy atom. The topological polar surface area (TPSA) is 109 Å². The number of carbonyl (C=O) groups is 2. The van der Waals surface area contributed by atoms with E-state index in [0.29, 0.717) is 18.4 Å². The molecule has 1 unspecified atom stereocenters. The fourth-order valence-corrected chi connectivity index (χ4v) is 10.3. The maximum Gasteiger partial charge on any atom is 0.474 e. The molecule has 2 aliphatic heterocycles. The van der Waals surface area contributed by atoms with Crippen LogP contribution in [0, 0.1) is 11.7 Å². The van der Waals surface area contributed by atoms with E-state index in [-0.39, 0.29) is 46.4 Å². The summed E-state index contributed by atoms with van der Waals surface area (Å²) in [7, 11) is -5.60. The minimum Gasteiger partial charge on any atom is -0.346 e. The fourth-order valence-electron chi connectivity index (χ4n) is 6.61. The van der Waals surface area contributed by atoms with Gasteiger partial charge >= 0.3 is 18.3 Å². The van der Waals surface area contributed by atoms with Gasteiger partial charge in [0.2, 0.25) is 0 Å². The van der Waals surface area contributed by atoms with E-state index in [4.69, 9.17) is 0 Å². The molecule has 0 bridgehead atoms. The van der Waals surface area contributed by atoms with Gasteiger partial charge in [-0.3, -0.25) is 18.9 Å². The molecule has 17 heteroatoms. The maximum absolute atomic E-state index is 14.2. The molecule has 1 N–H and O–H groups in total. The first-order valence-electron chi connectivity index (χ1n) is 14.8. The number of sulfonamides is 1. The fraction of sp³-hybridized carbons (Fsp3) is 0.387. The Balaban J connectivity index is 1.39. The summed E-state index contributed by atoms with van der Waals surface area (Å²) in [5, 5.41) is 2.45. The van der Waals surface area contributed by atoms with Gasteiger partial charge < -0.3 is 5.32 Å². The molecule has 0 radical (unpaired) electrons. The summed E-state index contributed by atoms with van der Waals surface area (Å²) in [4.78, 5) is 28.5. The second-order valence-electron chi connectivity index (χ2n) is 11.9. The third-order valence-corrected chi connectivity index (χ3v) is 12.5. The van der Waals surface area contributed by atoms with E-state index in [0.717, 1.165) is 42.6 Å². The van der Waals surface area contributed by atoms with Crippen molar-refractivity contribution >= 4 is 38.2 Å². The molecule has 3 aliphatic rings. The van der Waals surface area contributed by atoms with Crippen LogP contribution in [0.5, 0.6) is 0 Å². The zero-order valence-electron chi connectivity index (χ0n) is 24.8. The maximum atomic E-state index is 14.2. The monoisotopic (exact) mass is 716 g/mol. The van der Waals surface area contributed by atoms with Crippen molar-refractivity contribution in [3.05, 3.63) is 89.0 Å². The summed E-state index contributed by atoms with van der Waals surface area (Å²) in [6.45, 7) is -0.552. The number of hydrogen-bond donors (Lipinski definition) is 1. The molecule has 1 aliphatic carbocycles. The van der Waals surface area contributed by atoms with Crippen molar-refractivity contribution < 1.29 is 48.7 Å². The lowest BCUT2D eigenvalue weighted by atomic mass is 9.70. The molecule has 1 saturated heterocycles. The van der Waals surface area contributed by atoms with Gasteiger partial charge in [0.1, 0.15) is 5.82 Å². The number of benzene rings is 2. The second kappa shape index (κ2) is 12.2. The number of aromatic nitrogens is 1. The largest absolute Gasteiger partial charge is 0.474 e. The van der Waals surface area contributed by atoms with Gasteiger partial charge in [0.25, 0.3) is 15.9 Å². The Kier molecular flexibility index (Phi) is 8.67. The Morgan fingerprint density at radius 1 is 1.00 bits per heavy atom. The van der Waals surface area contributed by atoms with E-state index in [9.17, 15) is 48.7 Å². The third kappa shape index (κ3) is 6.33. The number of amides is 2. The lowest BCUT2D eigenvalue weighted by Gasteiger charge is -2.42. The summed E-state index contributed by atoms with van der Waals surface area (Å²) in [6.07, 6.45) is -7.03. The molecule has 1 spiro atoms. The van der Waals surface area contributed by atoms with Crippen molar-refractivity contribution in [1.82, 2.24) is 10.3 Å². The van der Waals surface area contributed by atoms with E-state index >= 15 is 0 Å². The average molecular weight is 717 g/mol. The van der Waals surface area contributed by atoms with Crippen LogP contribution in [-0.4, -0.2) is 48.9 Å². The zero-order chi connectivity index (χ0) is 34.6. The predicted molar refractivity (Wildman–Crippen MR) is 161 cm³/mol. The minimum atomic E-state index is -5.13. The van der Waals surface area contributed by atoms with Crippen LogP contribution in [0.25, 0.3) is 0 Å². The minimum absolute atomic E-state index is 0.0229. The molecular weight excluding hydrogens is 689 g/mol. The summed E-state index contributed by atoms with van der Waals surface area (Å²) in [6, 6.07) is 9.80. The molecule has 48 heavy (non-hydrogen) atoms. The van der Waals surface area contributed by atoms with Crippen LogP contribution in [0.4, 0.5) is 36.4 Å².